The molecule has 0 radical (unpaired) electrons. The zero-order chi connectivity index (χ0) is 26.9. The molecule has 0 aromatic carbocycles. The highest BCUT2D eigenvalue weighted by molar-refractivity contribution is 7.91. The number of hydrogen-bond donors (Lipinski definition) is 2. The van der Waals surface area contributed by atoms with E-state index in [0.29, 0.717) is 6.07 Å². The minimum Gasteiger partial charge on any atom is -0.465 e. The van der Waals surface area contributed by atoms with E-state index >= 15 is 0 Å². The van der Waals surface area contributed by atoms with Gasteiger partial charge in [-0.05, 0) is 12.1 Å². The Kier molecular flexibility index (Phi) is 7.09. The summed E-state index contributed by atoms with van der Waals surface area (Å²) >= 11 is 0. The van der Waals surface area contributed by atoms with Gasteiger partial charge < -0.3 is 4.74 Å². The number of hydrogen-bond acceptors (Lipinski definition) is 13. The number of nitrogens with zero attached hydrogens (tertiary/aromatic N) is 5. The Bertz CT molecular complexity index is 1620. The van der Waals surface area contributed by atoms with Gasteiger partial charge in [0, 0.05) is 24.8 Å². The first-order valence-electron chi connectivity index (χ1n) is 9.34. The van der Waals surface area contributed by atoms with Crippen molar-refractivity contribution in [3.05, 3.63) is 42.2 Å². The van der Waals surface area contributed by atoms with Crippen LogP contribution in [0.2, 0.25) is 0 Å². The summed E-state index contributed by atoms with van der Waals surface area (Å²) < 4.78 is 80.6. The van der Waals surface area contributed by atoms with E-state index in [1.54, 1.807) is 10.8 Å². The lowest BCUT2D eigenvalue weighted by Gasteiger charge is -2.12. The number of aromatic nitrogens is 5. The summed E-state index contributed by atoms with van der Waals surface area (Å²) in [5.41, 5.74) is -0.530. The van der Waals surface area contributed by atoms with Crippen molar-refractivity contribution in [1.29, 1.82) is 0 Å². The Labute approximate surface area is 204 Å². The van der Waals surface area contributed by atoms with E-state index in [4.69, 9.17) is 0 Å². The first-order chi connectivity index (χ1) is 16.6. The predicted molar refractivity (Wildman–Crippen MR) is 120 cm³/mol. The van der Waals surface area contributed by atoms with E-state index < -0.39 is 68.3 Å². The number of sulfonamides is 1. The summed E-state index contributed by atoms with van der Waals surface area (Å²) in [6.07, 6.45) is 3.70. The molecule has 3 aromatic heterocycles. The average Bonchev–Trinajstić information content (AvgIpc) is 3.24. The minimum absolute atomic E-state index is 0.0181. The number of carbonyl (C=O) groups excluding carboxylic acids is 2. The van der Waals surface area contributed by atoms with Gasteiger partial charge in [0.25, 0.3) is 10.0 Å². The number of methoxy groups -OCH3 is 1. The average molecular weight is 560 g/mol. The molecule has 0 aliphatic carbocycles. The van der Waals surface area contributed by atoms with Gasteiger partial charge in [-0.25, -0.2) is 50.8 Å². The van der Waals surface area contributed by atoms with Crippen molar-refractivity contribution in [1.82, 2.24) is 29.5 Å². The van der Waals surface area contributed by atoms with E-state index in [0.717, 1.165) is 30.5 Å². The molecule has 0 atom stereocenters. The Morgan fingerprint density at radius 3 is 2.08 bits per heavy atom. The smallest absolute Gasteiger partial charge is 0.342 e. The maximum absolute atomic E-state index is 13.1. The molecule has 0 saturated carbocycles. The summed E-state index contributed by atoms with van der Waals surface area (Å²) in [4.78, 5) is 35.7. The van der Waals surface area contributed by atoms with Crippen LogP contribution in [0.3, 0.4) is 0 Å². The van der Waals surface area contributed by atoms with Crippen LogP contribution in [0.15, 0.2) is 51.7 Å². The van der Waals surface area contributed by atoms with Crippen molar-refractivity contribution in [2.45, 2.75) is 15.1 Å². The second-order valence-electron chi connectivity index (χ2n) is 6.93. The molecule has 0 bridgehead atoms. The molecule has 0 fully saturated rings. The van der Waals surface area contributed by atoms with E-state index in [2.05, 4.69) is 24.8 Å². The second kappa shape index (κ2) is 9.59. The largest absolute Gasteiger partial charge is 0.465 e. The first-order valence-corrected chi connectivity index (χ1v) is 14.6. The molecular formula is C17H17N7O9S3. The highest BCUT2D eigenvalue weighted by Gasteiger charge is 2.32. The third kappa shape index (κ3) is 5.80. The van der Waals surface area contributed by atoms with Crippen molar-refractivity contribution in [3.63, 3.8) is 0 Å². The second-order valence-corrected chi connectivity index (χ2v) is 12.4. The lowest BCUT2D eigenvalue weighted by molar-refractivity contribution is 0.0596. The zero-order valence-corrected chi connectivity index (χ0v) is 21.0. The van der Waals surface area contributed by atoms with Gasteiger partial charge in [0.05, 0.1) is 13.3 Å². The number of amides is 2. The molecule has 36 heavy (non-hydrogen) atoms. The monoisotopic (exact) mass is 559 g/mol. The van der Waals surface area contributed by atoms with Crippen LogP contribution < -0.4 is 10.0 Å². The van der Waals surface area contributed by atoms with Gasteiger partial charge in [0.15, 0.2) is 40.6 Å². The van der Waals surface area contributed by atoms with Gasteiger partial charge in [-0.3, -0.25) is 5.32 Å². The molecule has 3 heterocycles. The van der Waals surface area contributed by atoms with Crippen LogP contribution in [-0.2, 0) is 34.4 Å². The van der Waals surface area contributed by atoms with Crippen LogP contribution in [0.5, 0.6) is 0 Å². The van der Waals surface area contributed by atoms with Crippen molar-refractivity contribution < 1.29 is 39.6 Å². The molecule has 2 N–H and O–H groups in total. The van der Waals surface area contributed by atoms with E-state index in [1.807, 2.05) is 5.32 Å². The Morgan fingerprint density at radius 1 is 0.972 bits per heavy atom. The molecule has 3 aromatic rings. The van der Waals surface area contributed by atoms with Gasteiger partial charge in [0.1, 0.15) is 5.56 Å². The van der Waals surface area contributed by atoms with Gasteiger partial charge in [-0.15, -0.1) is 0 Å². The van der Waals surface area contributed by atoms with Crippen LogP contribution in [0, 0.1) is 0 Å². The van der Waals surface area contributed by atoms with Crippen molar-refractivity contribution in [2.24, 2.45) is 0 Å². The minimum atomic E-state index is -4.87. The molecule has 0 aliphatic rings. The summed E-state index contributed by atoms with van der Waals surface area (Å²) in [7, 11) is -12.0. The highest BCUT2D eigenvalue weighted by Crippen LogP contribution is 2.20. The molecule has 16 nitrogen and oxygen atoms in total. The number of urea groups is 1. The van der Waals surface area contributed by atoms with Crippen LogP contribution >= 0.6 is 0 Å². The molecule has 0 saturated heterocycles. The number of anilines is 1. The number of nitrogens with one attached hydrogen (secondary N) is 2. The third-order valence-electron chi connectivity index (χ3n) is 4.14. The molecule has 2 amide bonds. The molecule has 3 rings (SSSR count). The topological polar surface area (TPSA) is 226 Å². The number of ether oxygens (including phenoxy) is 1. The first kappa shape index (κ1) is 26.6. The number of pyridine rings is 1. The molecule has 0 spiro atoms. The molecular weight excluding hydrogens is 542 g/mol. The Morgan fingerprint density at radius 2 is 1.58 bits per heavy atom. The van der Waals surface area contributed by atoms with E-state index in [-0.39, 0.29) is 5.82 Å². The summed E-state index contributed by atoms with van der Waals surface area (Å²) in [5.74, 6) is -1.92. The van der Waals surface area contributed by atoms with Gasteiger partial charge in [-0.2, -0.15) is 13.5 Å². The fourth-order valence-electron chi connectivity index (χ4n) is 2.63. The fourth-order valence-corrected chi connectivity index (χ4v) is 5.04. The number of rotatable bonds is 7. The Hall–Kier alpha value is -3.97. The molecule has 0 aliphatic heterocycles. The van der Waals surface area contributed by atoms with Gasteiger partial charge in [-0.1, -0.05) is 6.07 Å². The van der Waals surface area contributed by atoms with Crippen LogP contribution in [0.25, 0.3) is 5.82 Å². The van der Waals surface area contributed by atoms with Crippen LogP contribution in [-0.4, -0.2) is 81.6 Å². The third-order valence-corrected chi connectivity index (χ3v) is 7.44. The molecule has 0 unspecified atom stereocenters. The van der Waals surface area contributed by atoms with Gasteiger partial charge >= 0.3 is 12.0 Å². The predicted octanol–water partition coefficient (Wildman–Crippen LogP) is -0.839. The lowest BCUT2D eigenvalue weighted by atomic mass is 10.4. The van der Waals surface area contributed by atoms with Crippen molar-refractivity contribution >= 4 is 47.6 Å². The number of esters is 1. The quantitative estimate of drug-likeness (QED) is 0.266. The van der Waals surface area contributed by atoms with E-state index in [9.17, 15) is 34.8 Å². The normalized spacial score (nSPS) is 12.1. The maximum atomic E-state index is 13.1. The fraction of sp³-hybridized carbons (Fsp3) is 0.176. The summed E-state index contributed by atoms with van der Waals surface area (Å²) in [6.45, 7) is 0. The lowest BCUT2D eigenvalue weighted by Crippen LogP contribution is -2.37. The van der Waals surface area contributed by atoms with Crippen molar-refractivity contribution in [2.75, 3.05) is 24.9 Å². The highest BCUT2D eigenvalue weighted by atomic mass is 32.2. The summed E-state index contributed by atoms with van der Waals surface area (Å²) in [5, 5.41) is 3.42. The number of carbonyl (C=O) groups is 2. The van der Waals surface area contributed by atoms with Crippen molar-refractivity contribution in [3.8, 4) is 5.82 Å². The van der Waals surface area contributed by atoms with Gasteiger partial charge in [0.2, 0.25) is 5.95 Å². The SMILES string of the molecule is COC(=O)c1cnn(-c2ccccn2)c1S(=O)(=O)NC(=O)Nc1nc(S(C)(=O)=O)cc(S(C)(=O)=O)n1. The van der Waals surface area contributed by atoms with Crippen LogP contribution in [0.1, 0.15) is 10.4 Å². The molecule has 192 valence electrons. The molecule has 19 heteroatoms. The van der Waals surface area contributed by atoms with E-state index in [1.165, 1.54) is 18.3 Å². The van der Waals surface area contributed by atoms with Crippen LogP contribution in [0.4, 0.5) is 10.7 Å². The summed E-state index contributed by atoms with van der Waals surface area (Å²) in [6, 6.07) is 3.61. The maximum Gasteiger partial charge on any atom is 0.342 e. The zero-order valence-electron chi connectivity index (χ0n) is 18.6. The standard InChI is InChI=1S/C17H17N7O9S3/c1-33-15(25)10-9-19-24(11-6-4-5-7-18-11)14(10)36(31,32)23-17(26)22-16-20-12(34(2,27)28)8-13(21-16)35(3,29)30/h4-9H,1-3H3,(H2,20,21,22,23,26). The number of sulfone groups is 2. The Balaban J connectivity index is 2.02.